The Labute approximate surface area is 198 Å². The Bertz CT molecular complexity index is 923. The molecule has 180 valence electrons. The third kappa shape index (κ3) is 8.12. The van der Waals surface area contributed by atoms with Gasteiger partial charge in [0.2, 0.25) is 5.91 Å². The van der Waals surface area contributed by atoms with Gasteiger partial charge in [-0.05, 0) is 68.5 Å². The zero-order chi connectivity index (χ0) is 24.8. The van der Waals surface area contributed by atoms with Crippen LogP contribution in [0.4, 0.5) is 0 Å². The predicted octanol–water partition coefficient (Wildman–Crippen LogP) is 4.70. The lowest BCUT2D eigenvalue weighted by molar-refractivity contribution is -0.142. The largest absolute Gasteiger partial charge is 0.497 e. The summed E-state index contributed by atoms with van der Waals surface area (Å²) < 4.78 is 11.0. The van der Waals surface area contributed by atoms with E-state index >= 15 is 0 Å². The number of hydrogen-bond donors (Lipinski definition) is 1. The maximum atomic E-state index is 13.2. The van der Waals surface area contributed by atoms with Crippen LogP contribution >= 0.6 is 0 Å². The molecule has 0 saturated carbocycles. The number of methoxy groups -OCH3 is 1. The van der Waals surface area contributed by atoms with Crippen LogP contribution in [0.2, 0.25) is 0 Å². The summed E-state index contributed by atoms with van der Waals surface area (Å²) in [7, 11) is 1.61. The highest BCUT2D eigenvalue weighted by Crippen LogP contribution is 2.24. The molecule has 0 aliphatic heterocycles. The maximum absolute atomic E-state index is 13.2. The first-order valence-electron chi connectivity index (χ1n) is 11.3. The molecular weight excluding hydrogens is 416 g/mol. The Balaban J connectivity index is 2.16. The molecule has 0 fully saturated rings. The highest BCUT2D eigenvalue weighted by Gasteiger charge is 2.28. The number of benzene rings is 2. The molecule has 6 heteroatoms. The van der Waals surface area contributed by atoms with Crippen molar-refractivity contribution in [3.63, 3.8) is 0 Å². The Morgan fingerprint density at radius 3 is 1.94 bits per heavy atom. The van der Waals surface area contributed by atoms with Crippen molar-refractivity contribution in [3.05, 3.63) is 59.7 Å². The van der Waals surface area contributed by atoms with Gasteiger partial charge in [0.05, 0.1) is 7.11 Å². The predicted molar refractivity (Wildman–Crippen MR) is 132 cm³/mol. The molecule has 6 nitrogen and oxygen atoms in total. The van der Waals surface area contributed by atoms with Crippen LogP contribution in [-0.2, 0) is 21.5 Å². The molecule has 2 aromatic rings. The van der Waals surface area contributed by atoms with Gasteiger partial charge < -0.3 is 19.7 Å². The molecule has 2 aromatic carbocycles. The minimum absolute atomic E-state index is 0.0410. The average Bonchev–Trinajstić information content (AvgIpc) is 2.74. The average molecular weight is 455 g/mol. The quantitative estimate of drug-likeness (QED) is 0.628. The number of amides is 2. The van der Waals surface area contributed by atoms with Crippen molar-refractivity contribution in [1.82, 2.24) is 10.2 Å². The second kappa shape index (κ2) is 10.7. The molecule has 0 spiro atoms. The zero-order valence-corrected chi connectivity index (χ0v) is 21.2. The number of carbonyl (C=O) groups is 2. The molecule has 0 bridgehead atoms. The Hall–Kier alpha value is -3.02. The van der Waals surface area contributed by atoms with Crippen LogP contribution in [0.5, 0.6) is 11.5 Å². The van der Waals surface area contributed by atoms with Crippen LogP contribution in [0.3, 0.4) is 0 Å². The normalized spacial score (nSPS) is 12.6. The van der Waals surface area contributed by atoms with Gasteiger partial charge in [-0.15, -0.1) is 0 Å². The van der Waals surface area contributed by atoms with E-state index in [1.54, 1.807) is 18.9 Å². The van der Waals surface area contributed by atoms with Gasteiger partial charge in [0.15, 0.2) is 6.61 Å². The molecular formula is C27H38N2O4. The topological polar surface area (TPSA) is 67.9 Å². The third-order valence-electron chi connectivity index (χ3n) is 5.26. The van der Waals surface area contributed by atoms with Crippen LogP contribution in [0, 0.1) is 0 Å². The van der Waals surface area contributed by atoms with Gasteiger partial charge in [-0.2, -0.15) is 0 Å². The number of nitrogens with one attached hydrogen (secondary N) is 1. The van der Waals surface area contributed by atoms with E-state index in [0.29, 0.717) is 5.75 Å². The molecule has 2 rings (SSSR count). The Morgan fingerprint density at radius 2 is 1.45 bits per heavy atom. The van der Waals surface area contributed by atoms with Crippen LogP contribution in [0.25, 0.3) is 0 Å². The second-order valence-electron chi connectivity index (χ2n) is 10.3. The van der Waals surface area contributed by atoms with Crippen molar-refractivity contribution < 1.29 is 19.1 Å². The Morgan fingerprint density at radius 1 is 0.909 bits per heavy atom. The lowest BCUT2D eigenvalue weighted by atomic mass is 9.87. The minimum Gasteiger partial charge on any atom is -0.497 e. The van der Waals surface area contributed by atoms with Crippen molar-refractivity contribution in [3.8, 4) is 11.5 Å². The smallest absolute Gasteiger partial charge is 0.261 e. The summed E-state index contributed by atoms with van der Waals surface area (Å²) in [4.78, 5) is 27.6. The lowest BCUT2D eigenvalue weighted by Crippen LogP contribution is -2.53. The van der Waals surface area contributed by atoms with Gasteiger partial charge in [-0.25, -0.2) is 0 Å². The lowest BCUT2D eigenvalue weighted by Gasteiger charge is -2.31. The van der Waals surface area contributed by atoms with Crippen LogP contribution in [0.15, 0.2) is 48.5 Å². The van der Waals surface area contributed by atoms with Crippen LogP contribution in [0.1, 0.15) is 59.6 Å². The molecule has 0 aliphatic rings. The minimum atomic E-state index is -0.661. The van der Waals surface area contributed by atoms with Crippen LogP contribution in [-0.4, -0.2) is 42.0 Å². The molecule has 0 radical (unpaired) electrons. The monoisotopic (exact) mass is 454 g/mol. The highest BCUT2D eigenvalue weighted by atomic mass is 16.5. The third-order valence-corrected chi connectivity index (χ3v) is 5.26. The van der Waals surface area contributed by atoms with Gasteiger partial charge >= 0.3 is 0 Å². The molecule has 0 saturated heterocycles. The summed E-state index contributed by atoms with van der Waals surface area (Å²) in [5.41, 5.74) is 1.73. The van der Waals surface area contributed by atoms with Gasteiger partial charge in [-0.1, -0.05) is 45.0 Å². The van der Waals surface area contributed by atoms with Crippen LogP contribution < -0.4 is 14.8 Å². The van der Waals surface area contributed by atoms with E-state index in [0.717, 1.165) is 11.3 Å². The van der Waals surface area contributed by atoms with Crippen molar-refractivity contribution in [2.45, 2.75) is 72.0 Å². The number of nitrogens with zero attached hydrogens (tertiary/aromatic N) is 1. The van der Waals surface area contributed by atoms with Gasteiger partial charge in [-0.3, -0.25) is 9.59 Å². The first-order chi connectivity index (χ1) is 15.3. The van der Waals surface area contributed by atoms with E-state index in [-0.39, 0.29) is 30.4 Å². The molecule has 2 amide bonds. The molecule has 0 aliphatic carbocycles. The molecule has 1 atom stereocenters. The molecule has 33 heavy (non-hydrogen) atoms. The van der Waals surface area contributed by atoms with E-state index in [4.69, 9.17) is 9.47 Å². The van der Waals surface area contributed by atoms with Crippen molar-refractivity contribution >= 4 is 11.8 Å². The molecule has 1 unspecified atom stereocenters. The number of ether oxygens (including phenoxy) is 2. The molecule has 0 aromatic heterocycles. The first-order valence-corrected chi connectivity index (χ1v) is 11.3. The fourth-order valence-electron chi connectivity index (χ4n) is 3.26. The van der Waals surface area contributed by atoms with Gasteiger partial charge in [0.1, 0.15) is 17.5 Å². The number of hydrogen-bond acceptors (Lipinski definition) is 4. The molecule has 0 heterocycles. The fraction of sp³-hybridized carbons (Fsp3) is 0.481. The summed E-state index contributed by atoms with van der Waals surface area (Å²) in [5.74, 6) is 0.880. The number of rotatable bonds is 8. The Kier molecular flexibility index (Phi) is 8.53. The van der Waals surface area contributed by atoms with Crippen molar-refractivity contribution in [2.75, 3.05) is 13.7 Å². The van der Waals surface area contributed by atoms with E-state index in [1.807, 2.05) is 69.3 Å². The number of carbonyl (C=O) groups excluding carboxylic acids is 2. The van der Waals surface area contributed by atoms with Gasteiger partial charge in [0.25, 0.3) is 5.91 Å². The van der Waals surface area contributed by atoms with E-state index in [9.17, 15) is 9.59 Å². The highest BCUT2D eigenvalue weighted by molar-refractivity contribution is 5.88. The molecule has 1 N–H and O–H groups in total. The standard InChI is InChI=1S/C27H38N2O4/c1-19(25(31)28-27(5,6)7)29(17-20-9-13-22(32-8)14-10-20)24(30)18-33-23-15-11-21(12-16-23)26(2,3)4/h9-16,19H,17-18H2,1-8H3,(H,28,31). The van der Waals surface area contributed by atoms with E-state index in [1.165, 1.54) is 5.56 Å². The SMILES string of the molecule is COc1ccc(CN(C(=O)COc2ccc(C(C)(C)C)cc2)C(C)C(=O)NC(C)(C)C)cc1. The summed E-state index contributed by atoms with van der Waals surface area (Å²) in [5, 5.41) is 2.96. The van der Waals surface area contributed by atoms with Crippen molar-refractivity contribution in [1.29, 1.82) is 0 Å². The van der Waals surface area contributed by atoms with E-state index < -0.39 is 11.6 Å². The summed E-state index contributed by atoms with van der Waals surface area (Å²) in [6.45, 7) is 14.0. The summed E-state index contributed by atoms with van der Waals surface area (Å²) in [6.07, 6.45) is 0. The second-order valence-corrected chi connectivity index (χ2v) is 10.3. The summed E-state index contributed by atoms with van der Waals surface area (Å²) >= 11 is 0. The van der Waals surface area contributed by atoms with Crippen molar-refractivity contribution in [2.24, 2.45) is 0 Å². The van der Waals surface area contributed by atoms with Gasteiger partial charge in [0, 0.05) is 12.1 Å². The van der Waals surface area contributed by atoms with E-state index in [2.05, 4.69) is 26.1 Å². The zero-order valence-electron chi connectivity index (χ0n) is 21.2. The fourth-order valence-corrected chi connectivity index (χ4v) is 3.26. The summed E-state index contributed by atoms with van der Waals surface area (Å²) in [6, 6.07) is 14.6. The first kappa shape index (κ1) is 26.2. The maximum Gasteiger partial charge on any atom is 0.261 e.